The molecule has 0 saturated heterocycles. The first-order valence-electron chi connectivity index (χ1n) is 4.86. The predicted octanol–water partition coefficient (Wildman–Crippen LogP) is 1.73. The van der Waals surface area contributed by atoms with E-state index < -0.39 is 9.84 Å². The van der Waals surface area contributed by atoms with Crippen molar-refractivity contribution >= 4 is 16.1 Å². The Kier molecular flexibility index (Phi) is 3.01. The van der Waals surface area contributed by atoms with Crippen molar-refractivity contribution in [1.82, 2.24) is 4.98 Å². The SMILES string of the molecule is O=Cc1ncccc1S(=O)(=O)c1ccccc1. The molecule has 5 heteroatoms. The van der Waals surface area contributed by atoms with Crippen LogP contribution >= 0.6 is 0 Å². The van der Waals surface area contributed by atoms with Crippen LogP contribution in [0, 0.1) is 0 Å². The minimum atomic E-state index is -3.68. The Bertz CT molecular complexity index is 636. The summed E-state index contributed by atoms with van der Waals surface area (Å²) in [5, 5.41) is 0. The zero-order valence-electron chi connectivity index (χ0n) is 8.78. The first-order chi connectivity index (χ1) is 8.16. The fourth-order valence-corrected chi connectivity index (χ4v) is 2.85. The highest BCUT2D eigenvalue weighted by Crippen LogP contribution is 2.21. The van der Waals surface area contributed by atoms with Crippen molar-refractivity contribution in [1.29, 1.82) is 0 Å². The standard InChI is InChI=1S/C12H9NO3S/c14-9-11-12(7-4-8-13-11)17(15,16)10-5-2-1-3-6-10/h1-9H. The second-order valence-corrected chi connectivity index (χ2v) is 5.24. The van der Waals surface area contributed by atoms with Crippen LogP contribution in [0.25, 0.3) is 0 Å². The smallest absolute Gasteiger partial charge is 0.208 e. The molecule has 1 heterocycles. The maximum atomic E-state index is 12.2. The van der Waals surface area contributed by atoms with E-state index in [1.54, 1.807) is 18.2 Å². The van der Waals surface area contributed by atoms with Gasteiger partial charge in [-0.2, -0.15) is 0 Å². The molecule has 0 aliphatic carbocycles. The van der Waals surface area contributed by atoms with Gasteiger partial charge in [0.25, 0.3) is 0 Å². The maximum absolute atomic E-state index is 12.2. The molecule has 0 aliphatic rings. The second-order valence-electron chi connectivity index (χ2n) is 3.32. The third kappa shape index (κ3) is 2.09. The number of hydrogen-bond donors (Lipinski definition) is 0. The fourth-order valence-electron chi connectivity index (χ4n) is 1.45. The highest BCUT2D eigenvalue weighted by molar-refractivity contribution is 7.91. The van der Waals surface area contributed by atoms with Gasteiger partial charge >= 0.3 is 0 Å². The second kappa shape index (κ2) is 4.47. The molecule has 0 N–H and O–H groups in total. The van der Waals surface area contributed by atoms with Crippen LogP contribution in [0.2, 0.25) is 0 Å². The topological polar surface area (TPSA) is 64.1 Å². The van der Waals surface area contributed by atoms with Crippen molar-refractivity contribution in [2.75, 3.05) is 0 Å². The summed E-state index contributed by atoms with van der Waals surface area (Å²) in [7, 11) is -3.68. The zero-order valence-corrected chi connectivity index (χ0v) is 9.59. The molecule has 2 rings (SSSR count). The molecule has 86 valence electrons. The molecule has 1 aromatic heterocycles. The number of aldehydes is 1. The third-order valence-electron chi connectivity index (χ3n) is 2.25. The van der Waals surface area contributed by atoms with Gasteiger partial charge in [0.05, 0.1) is 4.90 Å². The van der Waals surface area contributed by atoms with E-state index in [0.29, 0.717) is 6.29 Å². The Hall–Kier alpha value is -2.01. The molecule has 0 bridgehead atoms. The van der Waals surface area contributed by atoms with Gasteiger partial charge in [0.15, 0.2) is 6.29 Å². The normalized spacial score (nSPS) is 11.1. The lowest BCUT2D eigenvalue weighted by atomic mass is 10.4. The molecule has 0 aliphatic heterocycles. The Morgan fingerprint density at radius 1 is 1.00 bits per heavy atom. The van der Waals surface area contributed by atoms with E-state index in [9.17, 15) is 13.2 Å². The number of hydrogen-bond acceptors (Lipinski definition) is 4. The first kappa shape index (κ1) is 11.5. The lowest BCUT2D eigenvalue weighted by Crippen LogP contribution is -2.06. The van der Waals surface area contributed by atoms with Crippen molar-refractivity contribution in [3.05, 3.63) is 54.4 Å². The number of sulfone groups is 1. The summed E-state index contributed by atoms with van der Waals surface area (Å²) in [4.78, 5) is 14.6. The summed E-state index contributed by atoms with van der Waals surface area (Å²) >= 11 is 0. The van der Waals surface area contributed by atoms with E-state index >= 15 is 0 Å². The molecule has 0 radical (unpaired) electrons. The number of benzene rings is 1. The molecule has 0 spiro atoms. The molecule has 2 aromatic rings. The third-order valence-corrected chi connectivity index (χ3v) is 4.07. The van der Waals surface area contributed by atoms with Gasteiger partial charge < -0.3 is 0 Å². The van der Waals surface area contributed by atoms with Crippen LogP contribution in [0.15, 0.2) is 58.5 Å². The van der Waals surface area contributed by atoms with Crippen molar-refractivity contribution < 1.29 is 13.2 Å². The van der Waals surface area contributed by atoms with Gasteiger partial charge in [0.1, 0.15) is 10.6 Å². The van der Waals surface area contributed by atoms with E-state index in [0.717, 1.165) is 0 Å². The Morgan fingerprint density at radius 3 is 2.35 bits per heavy atom. The van der Waals surface area contributed by atoms with Gasteiger partial charge in [-0.15, -0.1) is 0 Å². The lowest BCUT2D eigenvalue weighted by Gasteiger charge is -2.05. The molecular weight excluding hydrogens is 238 g/mol. The summed E-state index contributed by atoms with van der Waals surface area (Å²) in [5.41, 5.74) is -0.0728. The van der Waals surface area contributed by atoms with Crippen molar-refractivity contribution in [2.24, 2.45) is 0 Å². The van der Waals surface area contributed by atoms with Gasteiger partial charge in [-0.25, -0.2) is 8.42 Å². The average Bonchev–Trinajstić information content (AvgIpc) is 2.39. The lowest BCUT2D eigenvalue weighted by molar-refractivity contribution is 0.111. The molecule has 0 saturated carbocycles. The minimum Gasteiger partial charge on any atom is -0.296 e. The summed E-state index contributed by atoms with van der Waals surface area (Å²) in [5.74, 6) is 0. The molecular formula is C12H9NO3S. The molecule has 0 unspecified atom stereocenters. The maximum Gasteiger partial charge on any atom is 0.208 e. The highest BCUT2D eigenvalue weighted by Gasteiger charge is 2.21. The van der Waals surface area contributed by atoms with E-state index in [-0.39, 0.29) is 15.5 Å². The van der Waals surface area contributed by atoms with Crippen LogP contribution in [0.1, 0.15) is 10.5 Å². The van der Waals surface area contributed by atoms with E-state index in [2.05, 4.69) is 4.98 Å². The predicted molar refractivity (Wildman–Crippen MR) is 61.5 cm³/mol. The number of carbonyl (C=O) groups is 1. The molecule has 0 amide bonds. The van der Waals surface area contributed by atoms with Crippen LogP contribution in [0.5, 0.6) is 0 Å². The summed E-state index contributed by atoms with van der Waals surface area (Å²) in [6.45, 7) is 0. The monoisotopic (exact) mass is 247 g/mol. The number of carbonyl (C=O) groups excluding carboxylic acids is 1. The average molecular weight is 247 g/mol. The number of rotatable bonds is 3. The first-order valence-corrected chi connectivity index (χ1v) is 6.35. The zero-order chi connectivity index (χ0) is 12.3. The molecule has 4 nitrogen and oxygen atoms in total. The van der Waals surface area contributed by atoms with Crippen LogP contribution in [0.3, 0.4) is 0 Å². The summed E-state index contributed by atoms with van der Waals surface area (Å²) in [6.07, 6.45) is 1.82. The van der Waals surface area contributed by atoms with Gasteiger partial charge in [-0.05, 0) is 24.3 Å². The van der Waals surface area contributed by atoms with Gasteiger partial charge in [0.2, 0.25) is 9.84 Å². The highest BCUT2D eigenvalue weighted by atomic mass is 32.2. The quantitative estimate of drug-likeness (QED) is 0.775. The number of pyridine rings is 1. The molecule has 0 atom stereocenters. The van der Waals surface area contributed by atoms with Crippen LogP contribution < -0.4 is 0 Å². The van der Waals surface area contributed by atoms with Crippen LogP contribution in [-0.2, 0) is 9.84 Å². The van der Waals surface area contributed by atoms with E-state index in [4.69, 9.17) is 0 Å². The van der Waals surface area contributed by atoms with Gasteiger partial charge in [-0.1, -0.05) is 18.2 Å². The van der Waals surface area contributed by atoms with Crippen LogP contribution in [0.4, 0.5) is 0 Å². The van der Waals surface area contributed by atoms with Crippen molar-refractivity contribution in [2.45, 2.75) is 9.79 Å². The van der Waals surface area contributed by atoms with E-state index in [1.165, 1.54) is 30.5 Å². The van der Waals surface area contributed by atoms with Gasteiger partial charge in [-0.3, -0.25) is 9.78 Å². The minimum absolute atomic E-state index is 0.0683. The van der Waals surface area contributed by atoms with Gasteiger partial charge in [0, 0.05) is 6.20 Å². The van der Waals surface area contributed by atoms with E-state index in [1.807, 2.05) is 0 Å². The fraction of sp³-hybridized carbons (Fsp3) is 0. The summed E-state index contributed by atoms with van der Waals surface area (Å²) in [6, 6.07) is 10.8. The number of aromatic nitrogens is 1. The van der Waals surface area contributed by atoms with Crippen LogP contribution in [-0.4, -0.2) is 19.7 Å². The van der Waals surface area contributed by atoms with Crippen molar-refractivity contribution in [3.63, 3.8) is 0 Å². The molecule has 17 heavy (non-hydrogen) atoms. The Morgan fingerprint density at radius 2 is 1.71 bits per heavy atom. The Balaban J connectivity index is 2.65. The largest absolute Gasteiger partial charge is 0.296 e. The summed E-state index contributed by atoms with van der Waals surface area (Å²) < 4.78 is 24.4. The van der Waals surface area contributed by atoms with Crippen molar-refractivity contribution in [3.8, 4) is 0 Å². The molecule has 0 fully saturated rings. The molecule has 1 aromatic carbocycles. The number of nitrogens with zero attached hydrogens (tertiary/aromatic N) is 1. The Labute approximate surface area is 98.9 Å².